The predicted molar refractivity (Wildman–Crippen MR) is 127 cm³/mol. The van der Waals surface area contributed by atoms with Gasteiger partial charge in [0.1, 0.15) is 6.61 Å². The van der Waals surface area contributed by atoms with Crippen molar-refractivity contribution in [2.24, 2.45) is 11.8 Å². The molecule has 7 rings (SSSR count). The summed E-state index contributed by atoms with van der Waals surface area (Å²) in [7, 11) is 0. The van der Waals surface area contributed by atoms with Gasteiger partial charge in [-0.2, -0.15) is 0 Å². The highest BCUT2D eigenvalue weighted by Crippen LogP contribution is 2.60. The largest absolute Gasteiger partial charge is 0.460 e. The fraction of sp³-hybridized carbons (Fsp3) is 0.222. The van der Waals surface area contributed by atoms with Crippen molar-refractivity contribution in [1.82, 2.24) is 4.90 Å². The molecule has 0 radical (unpaired) electrons. The van der Waals surface area contributed by atoms with Gasteiger partial charge in [0.25, 0.3) is 0 Å². The fourth-order valence-electron chi connectivity index (χ4n) is 5.92. The van der Waals surface area contributed by atoms with Gasteiger partial charge in [-0.3, -0.25) is 14.5 Å². The van der Waals surface area contributed by atoms with Gasteiger partial charge in [0.15, 0.2) is 0 Å². The quantitative estimate of drug-likeness (QED) is 0.378. The molecule has 0 spiro atoms. The van der Waals surface area contributed by atoms with E-state index in [1.54, 1.807) is 6.07 Å². The number of hydrogen-bond donors (Lipinski definition) is 0. The number of hydrogen-bond acceptors (Lipinski definition) is 4. The van der Waals surface area contributed by atoms with Gasteiger partial charge >= 0.3 is 5.97 Å². The summed E-state index contributed by atoms with van der Waals surface area (Å²) in [5.74, 6) is -2.21. The Bertz CT molecular complexity index is 1250. The monoisotopic (exact) mass is 491 g/mol. The molecule has 2 unspecified atom stereocenters. The molecule has 3 aromatic carbocycles. The number of benzene rings is 3. The minimum Gasteiger partial charge on any atom is -0.460 e. The average Bonchev–Trinajstić information content (AvgIpc) is 3.09. The lowest BCUT2D eigenvalue weighted by Crippen LogP contribution is -2.41. The van der Waals surface area contributed by atoms with Crippen molar-refractivity contribution < 1.29 is 19.1 Å². The van der Waals surface area contributed by atoms with E-state index in [0.717, 1.165) is 22.3 Å². The second kappa shape index (κ2) is 7.97. The Hall–Kier alpha value is -3.15. The number of imide groups is 1. The summed E-state index contributed by atoms with van der Waals surface area (Å²) in [6.45, 7) is -0.0995. The number of likely N-dealkylation sites (tertiary alicyclic amines) is 1. The smallest absolute Gasteiger partial charge is 0.339 e. The van der Waals surface area contributed by atoms with E-state index < -0.39 is 17.8 Å². The van der Waals surface area contributed by atoms with Crippen LogP contribution in [0.2, 0.25) is 10.0 Å². The molecule has 3 aromatic rings. The van der Waals surface area contributed by atoms with E-state index in [4.69, 9.17) is 27.9 Å². The highest BCUT2D eigenvalue weighted by Gasteiger charge is 2.61. The fourth-order valence-corrected chi connectivity index (χ4v) is 6.41. The highest BCUT2D eigenvalue weighted by molar-refractivity contribution is 6.36. The zero-order chi connectivity index (χ0) is 23.6. The van der Waals surface area contributed by atoms with Crippen LogP contribution in [0.3, 0.4) is 0 Å². The minimum atomic E-state index is -0.627. The molecule has 1 fully saturated rings. The lowest BCUT2D eigenvalue weighted by Gasteiger charge is -2.45. The van der Waals surface area contributed by atoms with E-state index in [1.165, 1.54) is 17.0 Å². The molecule has 170 valence electrons. The standard InChI is InChI=1S/C27H19Cl2NO4/c28-14-9-10-19(20(29)13-14)27(33)34-12-11-30-25(31)23-21-15-5-1-2-6-16(15)22(24(23)26(30)32)18-8-4-3-7-17(18)21/h1-10,13,21-24H,11-12H2. The highest BCUT2D eigenvalue weighted by atomic mass is 35.5. The molecular weight excluding hydrogens is 473 g/mol. The average molecular weight is 492 g/mol. The first kappa shape index (κ1) is 21.4. The first-order valence-corrected chi connectivity index (χ1v) is 11.9. The molecule has 34 heavy (non-hydrogen) atoms. The molecule has 7 heteroatoms. The first-order chi connectivity index (χ1) is 16.5. The summed E-state index contributed by atoms with van der Waals surface area (Å²) < 4.78 is 5.34. The Morgan fingerprint density at radius 2 is 1.29 bits per heavy atom. The Labute approximate surface area is 206 Å². The van der Waals surface area contributed by atoms with E-state index >= 15 is 0 Å². The number of amides is 2. The maximum absolute atomic E-state index is 13.5. The van der Waals surface area contributed by atoms with E-state index in [9.17, 15) is 14.4 Å². The first-order valence-electron chi connectivity index (χ1n) is 11.1. The van der Waals surface area contributed by atoms with E-state index in [2.05, 4.69) is 24.3 Å². The third kappa shape index (κ3) is 3.04. The van der Waals surface area contributed by atoms with Crippen molar-refractivity contribution in [3.8, 4) is 0 Å². The van der Waals surface area contributed by atoms with Crippen LogP contribution < -0.4 is 0 Å². The van der Waals surface area contributed by atoms with Crippen molar-refractivity contribution in [3.63, 3.8) is 0 Å². The number of carbonyl (C=O) groups excluding carboxylic acids is 3. The Morgan fingerprint density at radius 3 is 1.76 bits per heavy atom. The van der Waals surface area contributed by atoms with Gasteiger partial charge in [-0.1, -0.05) is 71.7 Å². The number of nitrogens with zero attached hydrogens (tertiary/aromatic N) is 1. The van der Waals surface area contributed by atoms with Crippen molar-refractivity contribution in [3.05, 3.63) is 105 Å². The van der Waals surface area contributed by atoms with Crippen molar-refractivity contribution in [2.45, 2.75) is 11.8 Å². The van der Waals surface area contributed by atoms with E-state index in [-0.39, 0.29) is 47.4 Å². The summed E-state index contributed by atoms with van der Waals surface area (Å²) in [6, 6.07) is 20.7. The van der Waals surface area contributed by atoms with Crippen LogP contribution in [0.25, 0.3) is 0 Å². The SMILES string of the molecule is O=C(OCCN1C(=O)C2C3c4ccccc4C(c4ccccc43)C2C1=O)c1ccc(Cl)cc1Cl. The second-order valence-corrected chi connectivity index (χ2v) is 9.70. The normalized spacial score (nSPS) is 24.0. The molecule has 2 atom stereocenters. The third-order valence-corrected chi connectivity index (χ3v) is 7.79. The summed E-state index contributed by atoms with van der Waals surface area (Å²) in [5, 5.41) is 0.595. The zero-order valence-electron chi connectivity index (χ0n) is 17.9. The molecule has 3 aliphatic carbocycles. The van der Waals surface area contributed by atoms with Crippen molar-refractivity contribution >= 4 is 41.0 Å². The molecule has 2 amide bonds. The van der Waals surface area contributed by atoms with Gasteiger partial charge in [0.2, 0.25) is 11.8 Å². The molecule has 1 aliphatic heterocycles. The Kier molecular flexibility index (Phi) is 5.01. The number of halogens is 2. The molecular formula is C27H19Cl2NO4. The van der Waals surface area contributed by atoms with Gasteiger partial charge in [0, 0.05) is 16.9 Å². The van der Waals surface area contributed by atoms with Crippen LogP contribution in [0.5, 0.6) is 0 Å². The van der Waals surface area contributed by atoms with Crippen LogP contribution in [-0.2, 0) is 14.3 Å². The molecule has 1 heterocycles. The molecule has 0 aromatic heterocycles. The number of rotatable bonds is 4. The van der Waals surface area contributed by atoms with Crippen molar-refractivity contribution in [2.75, 3.05) is 13.2 Å². The number of esters is 1. The van der Waals surface area contributed by atoms with Crippen LogP contribution >= 0.6 is 23.2 Å². The number of carbonyl (C=O) groups is 3. The molecule has 0 saturated carbocycles. The van der Waals surface area contributed by atoms with Crippen LogP contribution in [-0.4, -0.2) is 35.8 Å². The lowest BCUT2D eigenvalue weighted by atomic mass is 9.55. The topological polar surface area (TPSA) is 63.7 Å². The van der Waals surface area contributed by atoms with Crippen LogP contribution in [0, 0.1) is 11.8 Å². The van der Waals surface area contributed by atoms with E-state index in [1.807, 2.05) is 24.3 Å². The molecule has 5 nitrogen and oxygen atoms in total. The van der Waals surface area contributed by atoms with Crippen molar-refractivity contribution in [1.29, 1.82) is 0 Å². The number of ether oxygens (including phenoxy) is 1. The van der Waals surface area contributed by atoms with Gasteiger partial charge in [-0.05, 0) is 40.5 Å². The van der Waals surface area contributed by atoms with Crippen LogP contribution in [0.4, 0.5) is 0 Å². The Balaban J connectivity index is 1.26. The van der Waals surface area contributed by atoms with Gasteiger partial charge in [-0.15, -0.1) is 0 Å². The maximum atomic E-state index is 13.5. The van der Waals surface area contributed by atoms with Crippen LogP contribution in [0.15, 0.2) is 66.7 Å². The summed E-state index contributed by atoms with van der Waals surface area (Å²) in [5.41, 5.74) is 4.68. The van der Waals surface area contributed by atoms with Gasteiger partial charge in [0.05, 0.1) is 29.0 Å². The van der Waals surface area contributed by atoms with E-state index in [0.29, 0.717) is 5.02 Å². The summed E-state index contributed by atoms with van der Waals surface area (Å²) in [6.07, 6.45) is 0. The van der Waals surface area contributed by atoms with Gasteiger partial charge < -0.3 is 4.74 Å². The van der Waals surface area contributed by atoms with Crippen LogP contribution in [0.1, 0.15) is 44.4 Å². The molecule has 2 bridgehead atoms. The molecule has 1 saturated heterocycles. The zero-order valence-corrected chi connectivity index (χ0v) is 19.4. The lowest BCUT2D eigenvalue weighted by molar-refractivity contribution is -0.140. The minimum absolute atomic E-state index is 0.00768. The maximum Gasteiger partial charge on any atom is 0.339 e. The third-order valence-electron chi connectivity index (χ3n) is 7.24. The Morgan fingerprint density at radius 1 is 0.794 bits per heavy atom. The second-order valence-electron chi connectivity index (χ2n) is 8.85. The predicted octanol–water partition coefficient (Wildman–Crippen LogP) is 5.04. The summed E-state index contributed by atoms with van der Waals surface area (Å²) in [4.78, 5) is 40.8. The summed E-state index contributed by atoms with van der Waals surface area (Å²) >= 11 is 12.0. The molecule has 4 aliphatic rings. The van der Waals surface area contributed by atoms with Gasteiger partial charge in [-0.25, -0.2) is 4.79 Å². The molecule has 0 N–H and O–H groups in total.